The Labute approximate surface area is 165 Å². The summed E-state index contributed by atoms with van der Waals surface area (Å²) in [5, 5.41) is 17.9. The van der Waals surface area contributed by atoms with Crippen LogP contribution in [0, 0.1) is 0 Å². The van der Waals surface area contributed by atoms with Gasteiger partial charge in [0.05, 0.1) is 5.25 Å². The highest BCUT2D eigenvalue weighted by atomic mass is 32.2. The van der Waals surface area contributed by atoms with Crippen molar-refractivity contribution >= 4 is 18.0 Å². The molecule has 6 heteroatoms. The van der Waals surface area contributed by atoms with Crippen LogP contribution in [0.1, 0.15) is 31.4 Å². The second kappa shape index (κ2) is 10.2. The molecule has 1 heterocycles. The van der Waals surface area contributed by atoms with Gasteiger partial charge in [-0.15, -0.1) is 0 Å². The Morgan fingerprint density at radius 2 is 1.81 bits per heavy atom. The molecule has 1 atom stereocenters. The van der Waals surface area contributed by atoms with Crippen LogP contribution >= 0.6 is 11.9 Å². The van der Waals surface area contributed by atoms with Crippen molar-refractivity contribution < 1.29 is 14.9 Å². The lowest BCUT2D eigenvalue weighted by molar-refractivity contribution is 0.0869. The fraction of sp³-hybridized carbons (Fsp3) is 0.381. The average molecular weight is 389 g/mol. The molecule has 1 unspecified atom stereocenters. The van der Waals surface area contributed by atoms with Gasteiger partial charge in [0.15, 0.2) is 0 Å². The minimum atomic E-state index is -0.271. The lowest BCUT2D eigenvalue weighted by Gasteiger charge is -2.35. The number of amidine groups is 1. The molecule has 146 valence electrons. The van der Waals surface area contributed by atoms with E-state index >= 15 is 0 Å². The van der Waals surface area contributed by atoms with Gasteiger partial charge in [0, 0.05) is 6.61 Å². The molecule has 0 aromatic heterocycles. The van der Waals surface area contributed by atoms with E-state index in [1.54, 1.807) is 12.1 Å². The van der Waals surface area contributed by atoms with Gasteiger partial charge in [-0.05, 0) is 68.3 Å². The smallest absolute Gasteiger partial charge is 0.294 e. The SMILES string of the molecule is CC1(C)OC(N)=NSC1Cc1ccccc1.OCCCc1cccc(O)c1. The fourth-order valence-electron chi connectivity index (χ4n) is 2.70. The average Bonchev–Trinajstić information content (AvgIpc) is 2.63. The summed E-state index contributed by atoms with van der Waals surface area (Å²) in [5.74, 6) is 0.292. The van der Waals surface area contributed by atoms with Gasteiger partial charge < -0.3 is 20.7 Å². The van der Waals surface area contributed by atoms with Crippen LogP contribution in [0.3, 0.4) is 0 Å². The predicted octanol–water partition coefficient (Wildman–Crippen LogP) is 3.69. The number of phenolic OH excluding ortho intramolecular Hbond substituents is 1. The van der Waals surface area contributed by atoms with Crippen molar-refractivity contribution in [1.29, 1.82) is 0 Å². The van der Waals surface area contributed by atoms with Crippen molar-refractivity contribution in [3.05, 3.63) is 65.7 Å². The van der Waals surface area contributed by atoms with Crippen LogP contribution in [0.5, 0.6) is 5.75 Å². The van der Waals surface area contributed by atoms with Crippen molar-refractivity contribution in [2.75, 3.05) is 6.61 Å². The summed E-state index contributed by atoms with van der Waals surface area (Å²) in [6.07, 6.45) is 2.52. The number of phenols is 1. The molecule has 1 aliphatic heterocycles. The number of nitrogens with zero attached hydrogens (tertiary/aromatic N) is 1. The number of aromatic hydroxyl groups is 1. The molecule has 27 heavy (non-hydrogen) atoms. The van der Waals surface area contributed by atoms with E-state index in [9.17, 15) is 0 Å². The number of hydrogen-bond acceptors (Lipinski definition) is 6. The first kappa shape index (κ1) is 21.1. The number of aliphatic hydroxyl groups is 1. The fourth-order valence-corrected chi connectivity index (χ4v) is 3.54. The van der Waals surface area contributed by atoms with Gasteiger partial charge >= 0.3 is 0 Å². The van der Waals surface area contributed by atoms with Crippen LogP contribution in [-0.4, -0.2) is 33.7 Å². The second-order valence-electron chi connectivity index (χ2n) is 6.92. The largest absolute Gasteiger partial charge is 0.508 e. The first-order chi connectivity index (χ1) is 12.9. The third-order valence-electron chi connectivity index (χ3n) is 4.21. The van der Waals surface area contributed by atoms with Crippen LogP contribution in [0.2, 0.25) is 0 Å². The molecule has 2 aromatic carbocycles. The van der Waals surface area contributed by atoms with E-state index in [4.69, 9.17) is 20.7 Å². The quantitative estimate of drug-likeness (QED) is 0.680. The summed E-state index contributed by atoms with van der Waals surface area (Å²) < 4.78 is 9.66. The summed E-state index contributed by atoms with van der Waals surface area (Å²) in [7, 11) is 0. The minimum absolute atomic E-state index is 0.204. The third-order valence-corrected chi connectivity index (χ3v) is 5.49. The normalized spacial score (nSPS) is 17.9. The highest BCUT2D eigenvalue weighted by Crippen LogP contribution is 2.33. The summed E-state index contributed by atoms with van der Waals surface area (Å²) in [4.78, 5) is 0. The number of aryl methyl sites for hydroxylation is 1. The Hall–Kier alpha value is -2.18. The van der Waals surface area contributed by atoms with E-state index in [1.807, 2.05) is 30.3 Å². The lowest BCUT2D eigenvalue weighted by Crippen LogP contribution is -2.44. The van der Waals surface area contributed by atoms with Crippen molar-refractivity contribution in [3.63, 3.8) is 0 Å². The molecular formula is C21H28N2O3S. The Balaban J connectivity index is 0.000000208. The van der Waals surface area contributed by atoms with Gasteiger partial charge in [0.1, 0.15) is 11.4 Å². The molecule has 3 rings (SSSR count). The highest BCUT2D eigenvalue weighted by molar-refractivity contribution is 7.98. The molecule has 4 N–H and O–H groups in total. The van der Waals surface area contributed by atoms with Crippen LogP contribution < -0.4 is 5.73 Å². The summed E-state index contributed by atoms with van der Waals surface area (Å²) in [6.45, 7) is 4.31. The number of aliphatic hydroxyl groups excluding tert-OH is 1. The van der Waals surface area contributed by atoms with Crippen LogP contribution in [-0.2, 0) is 17.6 Å². The molecule has 0 saturated carbocycles. The molecular weight excluding hydrogens is 360 g/mol. The number of hydrogen-bond donors (Lipinski definition) is 3. The molecule has 0 amide bonds. The number of ether oxygens (including phenoxy) is 1. The van der Waals surface area contributed by atoms with Gasteiger partial charge in [0.2, 0.25) is 0 Å². The van der Waals surface area contributed by atoms with Gasteiger partial charge in [-0.25, -0.2) is 0 Å². The molecule has 0 spiro atoms. The van der Waals surface area contributed by atoms with E-state index in [2.05, 4.69) is 30.4 Å². The molecule has 1 aliphatic rings. The molecule has 5 nitrogen and oxygen atoms in total. The monoisotopic (exact) mass is 388 g/mol. The zero-order valence-electron chi connectivity index (χ0n) is 15.8. The third kappa shape index (κ3) is 7.15. The second-order valence-corrected chi connectivity index (χ2v) is 7.88. The van der Waals surface area contributed by atoms with E-state index in [1.165, 1.54) is 17.5 Å². The molecule has 2 aromatic rings. The number of benzene rings is 2. The maximum absolute atomic E-state index is 9.05. The van der Waals surface area contributed by atoms with E-state index < -0.39 is 0 Å². The van der Waals surface area contributed by atoms with Gasteiger partial charge in [-0.2, -0.15) is 4.40 Å². The van der Waals surface area contributed by atoms with Crippen LogP contribution in [0.4, 0.5) is 0 Å². The standard InChI is InChI=1S/C12H16N2OS.C9H12O2/c1-12(2)10(16-14-11(13)15-12)8-9-6-4-3-5-7-9;10-6-2-4-8-3-1-5-9(11)7-8/h3-7,10H,8H2,1-2H3,(H2,13,14);1,3,5,7,10-11H,2,4,6H2. The Morgan fingerprint density at radius 1 is 1.11 bits per heavy atom. The minimum Gasteiger partial charge on any atom is -0.508 e. The molecule has 0 bridgehead atoms. The summed E-state index contributed by atoms with van der Waals surface area (Å²) in [6, 6.07) is 17.8. The van der Waals surface area contributed by atoms with Crippen molar-refractivity contribution in [1.82, 2.24) is 0 Å². The zero-order valence-corrected chi connectivity index (χ0v) is 16.7. The molecule has 0 saturated heterocycles. The van der Waals surface area contributed by atoms with Crippen molar-refractivity contribution in [3.8, 4) is 5.75 Å². The molecule has 0 radical (unpaired) electrons. The van der Waals surface area contributed by atoms with E-state index in [-0.39, 0.29) is 18.2 Å². The summed E-state index contributed by atoms with van der Waals surface area (Å²) in [5.41, 5.74) is 7.67. The van der Waals surface area contributed by atoms with Crippen LogP contribution in [0.25, 0.3) is 0 Å². The highest BCUT2D eigenvalue weighted by Gasteiger charge is 2.36. The maximum Gasteiger partial charge on any atom is 0.294 e. The van der Waals surface area contributed by atoms with Gasteiger partial charge in [-0.3, -0.25) is 0 Å². The first-order valence-electron chi connectivity index (χ1n) is 9.01. The Bertz CT molecular complexity index is 735. The zero-order chi connectivity index (χ0) is 19.7. The summed E-state index contributed by atoms with van der Waals surface area (Å²) >= 11 is 1.51. The molecule has 0 fully saturated rings. The van der Waals surface area contributed by atoms with E-state index in [0.717, 1.165) is 24.8 Å². The first-order valence-corrected chi connectivity index (χ1v) is 9.85. The lowest BCUT2D eigenvalue weighted by atomic mass is 9.98. The van der Waals surface area contributed by atoms with Crippen molar-refractivity contribution in [2.45, 2.75) is 44.0 Å². The Morgan fingerprint density at radius 3 is 2.44 bits per heavy atom. The van der Waals surface area contributed by atoms with Crippen LogP contribution in [0.15, 0.2) is 59.0 Å². The maximum atomic E-state index is 9.05. The number of rotatable bonds is 5. The predicted molar refractivity (Wildman–Crippen MR) is 112 cm³/mol. The van der Waals surface area contributed by atoms with Crippen molar-refractivity contribution in [2.24, 2.45) is 10.1 Å². The van der Waals surface area contributed by atoms with Gasteiger partial charge in [-0.1, -0.05) is 42.5 Å². The molecule has 0 aliphatic carbocycles. The number of nitrogens with two attached hydrogens (primary N) is 1. The van der Waals surface area contributed by atoms with E-state index in [0.29, 0.717) is 11.0 Å². The Kier molecular flexibility index (Phi) is 8.00. The topological polar surface area (TPSA) is 88.1 Å². The van der Waals surface area contributed by atoms with Gasteiger partial charge in [0.25, 0.3) is 6.02 Å².